The van der Waals surface area contributed by atoms with Crippen LogP contribution < -0.4 is 5.32 Å². The van der Waals surface area contributed by atoms with Gasteiger partial charge in [-0.2, -0.15) is 0 Å². The fourth-order valence-corrected chi connectivity index (χ4v) is 3.69. The van der Waals surface area contributed by atoms with Crippen LogP contribution in [0.3, 0.4) is 0 Å². The normalized spacial score (nSPS) is 24.2. The van der Waals surface area contributed by atoms with E-state index in [1.807, 2.05) is 12.3 Å². The molecule has 0 radical (unpaired) electrons. The van der Waals surface area contributed by atoms with Gasteiger partial charge in [-0.3, -0.25) is 9.88 Å². The largest absolute Gasteiger partial charge is 0.314 e. The highest BCUT2D eigenvalue weighted by Crippen LogP contribution is 2.37. The van der Waals surface area contributed by atoms with E-state index in [1.165, 1.54) is 37.8 Å². The summed E-state index contributed by atoms with van der Waals surface area (Å²) in [6.07, 6.45) is 8.94. The molecule has 3 nitrogen and oxygen atoms in total. The summed E-state index contributed by atoms with van der Waals surface area (Å²) in [5.41, 5.74) is 1.29. The Labute approximate surface area is 116 Å². The second kappa shape index (κ2) is 6.49. The van der Waals surface area contributed by atoms with Gasteiger partial charge in [-0.25, -0.2) is 0 Å². The minimum atomic E-state index is 0.545. The average Bonchev–Trinajstić information content (AvgIpc) is 2.51. The second-order valence-electron chi connectivity index (χ2n) is 5.88. The lowest BCUT2D eigenvalue weighted by Crippen LogP contribution is -2.47. The van der Waals surface area contributed by atoms with Crippen LogP contribution in [-0.4, -0.2) is 36.1 Å². The molecule has 0 unspecified atom stereocenters. The van der Waals surface area contributed by atoms with Crippen molar-refractivity contribution in [1.29, 1.82) is 0 Å². The summed E-state index contributed by atoms with van der Waals surface area (Å²) in [6, 6.07) is 6.93. The molecule has 1 N–H and O–H groups in total. The summed E-state index contributed by atoms with van der Waals surface area (Å²) in [5, 5.41) is 3.46. The van der Waals surface area contributed by atoms with Gasteiger partial charge in [0.1, 0.15) is 0 Å². The Balaban J connectivity index is 1.81. The van der Waals surface area contributed by atoms with Crippen molar-refractivity contribution < 1.29 is 0 Å². The maximum Gasteiger partial charge on any atom is 0.0578 e. The molecule has 2 fully saturated rings. The summed E-state index contributed by atoms with van der Waals surface area (Å²) in [5.74, 6) is 0.807. The van der Waals surface area contributed by atoms with Crippen LogP contribution in [0.4, 0.5) is 0 Å². The molecule has 19 heavy (non-hydrogen) atoms. The third kappa shape index (κ3) is 3.15. The fraction of sp³-hybridized carbons (Fsp3) is 0.688. The molecule has 1 saturated heterocycles. The fourth-order valence-electron chi connectivity index (χ4n) is 3.69. The van der Waals surface area contributed by atoms with Crippen LogP contribution in [0.2, 0.25) is 0 Å². The van der Waals surface area contributed by atoms with E-state index >= 15 is 0 Å². The van der Waals surface area contributed by atoms with Crippen LogP contribution in [0, 0.1) is 5.92 Å². The second-order valence-corrected chi connectivity index (χ2v) is 5.88. The monoisotopic (exact) mass is 259 g/mol. The van der Waals surface area contributed by atoms with E-state index in [4.69, 9.17) is 0 Å². The van der Waals surface area contributed by atoms with Gasteiger partial charge in [0.2, 0.25) is 0 Å². The van der Waals surface area contributed by atoms with Crippen molar-refractivity contribution in [2.45, 2.75) is 38.1 Å². The van der Waals surface area contributed by atoms with Gasteiger partial charge in [-0.05, 0) is 30.9 Å². The first-order chi connectivity index (χ1) is 9.45. The van der Waals surface area contributed by atoms with Crippen molar-refractivity contribution in [3.63, 3.8) is 0 Å². The number of piperazine rings is 1. The number of hydrogen-bond donors (Lipinski definition) is 1. The molecule has 104 valence electrons. The highest BCUT2D eigenvalue weighted by molar-refractivity contribution is 5.11. The Hall–Kier alpha value is -0.930. The van der Waals surface area contributed by atoms with Gasteiger partial charge in [0.05, 0.1) is 11.7 Å². The lowest BCUT2D eigenvalue weighted by Gasteiger charge is -2.40. The van der Waals surface area contributed by atoms with Crippen LogP contribution in [0.5, 0.6) is 0 Å². The van der Waals surface area contributed by atoms with E-state index in [0.717, 1.165) is 32.1 Å². The van der Waals surface area contributed by atoms with Crippen molar-refractivity contribution in [1.82, 2.24) is 15.2 Å². The zero-order valence-corrected chi connectivity index (χ0v) is 11.7. The summed E-state index contributed by atoms with van der Waals surface area (Å²) in [7, 11) is 0. The summed E-state index contributed by atoms with van der Waals surface area (Å²) >= 11 is 0. The zero-order valence-electron chi connectivity index (χ0n) is 11.7. The first-order valence-corrected chi connectivity index (χ1v) is 7.81. The Morgan fingerprint density at radius 1 is 1.11 bits per heavy atom. The number of hydrogen-bond acceptors (Lipinski definition) is 3. The zero-order chi connectivity index (χ0) is 12.9. The predicted octanol–water partition coefficient (Wildman–Crippen LogP) is 2.61. The third-order valence-corrected chi connectivity index (χ3v) is 4.63. The molecule has 1 aromatic rings. The molecular formula is C16H25N3. The van der Waals surface area contributed by atoms with E-state index in [0.29, 0.717) is 6.04 Å². The number of nitrogens with zero attached hydrogens (tertiary/aromatic N) is 2. The molecule has 0 aromatic carbocycles. The molecule has 1 aromatic heterocycles. The lowest BCUT2D eigenvalue weighted by molar-refractivity contribution is 0.100. The van der Waals surface area contributed by atoms with Crippen LogP contribution in [0.15, 0.2) is 24.4 Å². The minimum Gasteiger partial charge on any atom is -0.314 e. The molecule has 3 heteroatoms. The average molecular weight is 259 g/mol. The van der Waals surface area contributed by atoms with Gasteiger partial charge in [0, 0.05) is 32.4 Å². The maximum atomic E-state index is 4.67. The number of pyridine rings is 1. The van der Waals surface area contributed by atoms with Crippen molar-refractivity contribution >= 4 is 0 Å². The Morgan fingerprint density at radius 3 is 2.58 bits per heavy atom. The van der Waals surface area contributed by atoms with Crippen molar-refractivity contribution in [3.8, 4) is 0 Å². The highest BCUT2D eigenvalue weighted by atomic mass is 15.2. The van der Waals surface area contributed by atoms with Crippen molar-refractivity contribution in [3.05, 3.63) is 30.1 Å². The molecule has 0 spiro atoms. The quantitative estimate of drug-likeness (QED) is 0.904. The van der Waals surface area contributed by atoms with Crippen LogP contribution in [0.25, 0.3) is 0 Å². The molecule has 2 heterocycles. The van der Waals surface area contributed by atoms with E-state index in [-0.39, 0.29) is 0 Å². The Morgan fingerprint density at radius 2 is 1.89 bits per heavy atom. The Bertz CT molecular complexity index is 349. The highest BCUT2D eigenvalue weighted by Gasteiger charge is 2.31. The van der Waals surface area contributed by atoms with Gasteiger partial charge in [0.25, 0.3) is 0 Å². The molecule has 1 aliphatic carbocycles. The van der Waals surface area contributed by atoms with Crippen molar-refractivity contribution in [2.75, 3.05) is 26.2 Å². The number of nitrogens with one attached hydrogen (secondary N) is 1. The van der Waals surface area contributed by atoms with E-state index in [1.54, 1.807) is 0 Å². The first kappa shape index (κ1) is 13.1. The van der Waals surface area contributed by atoms with E-state index in [9.17, 15) is 0 Å². The third-order valence-electron chi connectivity index (χ3n) is 4.63. The van der Waals surface area contributed by atoms with Gasteiger partial charge in [0.15, 0.2) is 0 Å². The van der Waals surface area contributed by atoms with Crippen LogP contribution >= 0.6 is 0 Å². The lowest BCUT2D eigenvalue weighted by atomic mass is 9.81. The minimum absolute atomic E-state index is 0.545. The summed E-state index contributed by atoms with van der Waals surface area (Å²) < 4.78 is 0. The Kier molecular flexibility index (Phi) is 4.46. The number of rotatable bonds is 3. The molecule has 1 aliphatic heterocycles. The van der Waals surface area contributed by atoms with Gasteiger partial charge in [-0.15, -0.1) is 0 Å². The molecule has 0 amide bonds. The SMILES string of the molecule is c1ccc([C@H](C2CCCCC2)N2CCNCC2)nc1. The van der Waals surface area contributed by atoms with E-state index in [2.05, 4.69) is 27.3 Å². The number of aromatic nitrogens is 1. The maximum absolute atomic E-state index is 4.67. The first-order valence-electron chi connectivity index (χ1n) is 7.81. The van der Waals surface area contributed by atoms with Crippen LogP contribution in [0.1, 0.15) is 43.8 Å². The summed E-state index contributed by atoms with van der Waals surface area (Å²) in [6.45, 7) is 4.57. The van der Waals surface area contributed by atoms with E-state index < -0.39 is 0 Å². The molecule has 1 saturated carbocycles. The molecule has 1 atom stereocenters. The van der Waals surface area contributed by atoms with Gasteiger partial charge < -0.3 is 5.32 Å². The van der Waals surface area contributed by atoms with Crippen LogP contribution in [-0.2, 0) is 0 Å². The molecule has 0 bridgehead atoms. The van der Waals surface area contributed by atoms with Gasteiger partial charge >= 0.3 is 0 Å². The standard InChI is InChI=1S/C16H25N3/c1-2-6-14(7-3-1)16(15-8-4-5-9-18-15)19-12-10-17-11-13-19/h4-5,8-9,14,16-17H,1-3,6-7,10-13H2/t16-/m0/s1. The summed E-state index contributed by atoms with van der Waals surface area (Å²) in [4.78, 5) is 7.33. The smallest absolute Gasteiger partial charge is 0.0578 e. The topological polar surface area (TPSA) is 28.2 Å². The van der Waals surface area contributed by atoms with Crippen molar-refractivity contribution in [2.24, 2.45) is 5.92 Å². The molecule has 2 aliphatic rings. The molecule has 3 rings (SSSR count). The predicted molar refractivity (Wildman–Crippen MR) is 78.0 cm³/mol. The van der Waals surface area contributed by atoms with Gasteiger partial charge in [-0.1, -0.05) is 25.3 Å². The molecular weight excluding hydrogens is 234 g/mol.